The van der Waals surface area contributed by atoms with Crippen molar-refractivity contribution in [3.05, 3.63) is 34.6 Å². The zero-order valence-corrected chi connectivity index (χ0v) is 11.5. The lowest BCUT2D eigenvalue weighted by Gasteiger charge is -2.30. The molecule has 0 aromatic heterocycles. The molecule has 1 unspecified atom stereocenters. The second-order valence-electron chi connectivity index (χ2n) is 5.54. The zero-order valence-electron chi connectivity index (χ0n) is 10.7. The highest BCUT2D eigenvalue weighted by Crippen LogP contribution is 2.31. The lowest BCUT2D eigenvalue weighted by Crippen LogP contribution is -2.26. The molecule has 0 heterocycles. The number of hydrogen-bond acceptors (Lipinski definition) is 1. The zero-order chi connectivity index (χ0) is 13.1. The normalized spacial score (nSPS) is 26.0. The van der Waals surface area contributed by atoms with Gasteiger partial charge < -0.3 is 5.11 Å². The molecular formula is C15H20ClFO. The fraction of sp³-hybridized carbons (Fsp3) is 0.600. The average Bonchev–Trinajstić information content (AvgIpc) is 2.34. The Kier molecular flexibility index (Phi) is 4.63. The SMILES string of the molecule is CC1CCC(C(O)Cc2ccc(F)c(Cl)c2)CC1. The van der Waals surface area contributed by atoms with E-state index in [0.717, 1.165) is 24.3 Å². The quantitative estimate of drug-likeness (QED) is 0.872. The lowest BCUT2D eigenvalue weighted by atomic mass is 9.79. The van der Waals surface area contributed by atoms with Crippen molar-refractivity contribution in [3.8, 4) is 0 Å². The van der Waals surface area contributed by atoms with Crippen LogP contribution < -0.4 is 0 Å². The Morgan fingerprint density at radius 2 is 2.00 bits per heavy atom. The second kappa shape index (κ2) is 6.03. The Hall–Kier alpha value is -0.600. The molecule has 1 saturated carbocycles. The first kappa shape index (κ1) is 13.8. The maximum absolute atomic E-state index is 13.0. The second-order valence-corrected chi connectivity index (χ2v) is 5.95. The van der Waals surface area contributed by atoms with Crippen LogP contribution in [0.25, 0.3) is 0 Å². The topological polar surface area (TPSA) is 20.2 Å². The predicted molar refractivity (Wildman–Crippen MR) is 72.2 cm³/mol. The van der Waals surface area contributed by atoms with E-state index in [4.69, 9.17) is 11.6 Å². The molecule has 0 amide bonds. The van der Waals surface area contributed by atoms with Gasteiger partial charge in [-0.25, -0.2) is 4.39 Å². The molecule has 2 rings (SSSR count). The molecule has 0 bridgehead atoms. The molecule has 100 valence electrons. The summed E-state index contributed by atoms with van der Waals surface area (Å²) in [7, 11) is 0. The van der Waals surface area contributed by atoms with E-state index in [-0.39, 0.29) is 11.1 Å². The van der Waals surface area contributed by atoms with E-state index in [1.54, 1.807) is 12.1 Å². The molecule has 3 heteroatoms. The third kappa shape index (κ3) is 3.46. The smallest absolute Gasteiger partial charge is 0.141 e. The van der Waals surface area contributed by atoms with Crippen LogP contribution in [0, 0.1) is 17.7 Å². The van der Waals surface area contributed by atoms with E-state index in [1.165, 1.54) is 18.9 Å². The molecule has 1 fully saturated rings. The van der Waals surface area contributed by atoms with Crippen LogP contribution in [-0.4, -0.2) is 11.2 Å². The highest BCUT2D eigenvalue weighted by Gasteiger charge is 2.24. The summed E-state index contributed by atoms with van der Waals surface area (Å²) in [6, 6.07) is 4.69. The van der Waals surface area contributed by atoms with Gasteiger partial charge >= 0.3 is 0 Å². The summed E-state index contributed by atoms with van der Waals surface area (Å²) in [5.41, 5.74) is 0.910. The molecule has 18 heavy (non-hydrogen) atoms. The molecule has 0 saturated heterocycles. The third-order valence-corrected chi connectivity index (χ3v) is 4.32. The Labute approximate surface area is 113 Å². The summed E-state index contributed by atoms with van der Waals surface area (Å²) in [5.74, 6) is 0.764. The van der Waals surface area contributed by atoms with Gasteiger partial charge in [-0.15, -0.1) is 0 Å². The van der Waals surface area contributed by atoms with Crippen LogP contribution in [0.4, 0.5) is 4.39 Å². The van der Waals surface area contributed by atoms with Crippen molar-refractivity contribution < 1.29 is 9.50 Å². The largest absolute Gasteiger partial charge is 0.392 e. The van der Waals surface area contributed by atoms with Crippen LogP contribution in [-0.2, 0) is 6.42 Å². The van der Waals surface area contributed by atoms with Gasteiger partial charge in [0.05, 0.1) is 11.1 Å². The van der Waals surface area contributed by atoms with Gasteiger partial charge in [0.2, 0.25) is 0 Å². The Bertz CT molecular complexity index is 399. The molecule has 1 aromatic rings. The van der Waals surface area contributed by atoms with E-state index in [1.807, 2.05) is 0 Å². The van der Waals surface area contributed by atoms with Crippen LogP contribution >= 0.6 is 11.6 Å². The van der Waals surface area contributed by atoms with Crippen molar-refractivity contribution in [2.45, 2.75) is 45.1 Å². The number of hydrogen-bond donors (Lipinski definition) is 1. The molecule has 1 atom stereocenters. The number of aliphatic hydroxyl groups is 1. The molecular weight excluding hydrogens is 251 g/mol. The number of rotatable bonds is 3. The fourth-order valence-corrected chi connectivity index (χ4v) is 2.95. The highest BCUT2D eigenvalue weighted by molar-refractivity contribution is 6.30. The molecule has 1 N–H and O–H groups in total. The molecule has 1 aliphatic carbocycles. The maximum Gasteiger partial charge on any atom is 0.141 e. The Balaban J connectivity index is 1.94. The van der Waals surface area contributed by atoms with Crippen molar-refractivity contribution in [1.29, 1.82) is 0 Å². The predicted octanol–water partition coefficient (Wildman–Crippen LogP) is 4.21. The minimum atomic E-state index is -0.401. The molecule has 0 radical (unpaired) electrons. The molecule has 1 aliphatic rings. The molecule has 0 aliphatic heterocycles. The van der Waals surface area contributed by atoms with Crippen LogP contribution in [0.2, 0.25) is 5.02 Å². The highest BCUT2D eigenvalue weighted by atomic mass is 35.5. The van der Waals surface area contributed by atoms with Gasteiger partial charge in [-0.2, -0.15) is 0 Å². The standard InChI is InChI=1S/C15H20ClFO/c1-10-2-5-12(6-3-10)15(18)9-11-4-7-14(17)13(16)8-11/h4,7-8,10,12,15,18H,2-3,5-6,9H2,1H3. The Morgan fingerprint density at radius 1 is 1.33 bits per heavy atom. The van der Waals surface area contributed by atoms with Crippen molar-refractivity contribution in [2.24, 2.45) is 11.8 Å². The van der Waals surface area contributed by atoms with E-state index < -0.39 is 5.82 Å². The van der Waals surface area contributed by atoms with Crippen LogP contribution in [0.5, 0.6) is 0 Å². The lowest BCUT2D eigenvalue weighted by molar-refractivity contribution is 0.0761. The van der Waals surface area contributed by atoms with Crippen molar-refractivity contribution >= 4 is 11.6 Å². The molecule has 0 spiro atoms. The van der Waals surface area contributed by atoms with E-state index >= 15 is 0 Å². The maximum atomic E-state index is 13.0. The summed E-state index contributed by atoms with van der Waals surface area (Å²) >= 11 is 5.75. The van der Waals surface area contributed by atoms with Gasteiger partial charge in [0.25, 0.3) is 0 Å². The van der Waals surface area contributed by atoms with E-state index in [9.17, 15) is 9.50 Å². The Morgan fingerprint density at radius 3 is 2.61 bits per heavy atom. The first-order chi connectivity index (χ1) is 8.56. The summed E-state index contributed by atoms with van der Waals surface area (Å²) < 4.78 is 13.0. The van der Waals surface area contributed by atoms with Gasteiger partial charge in [0.1, 0.15) is 5.82 Å². The van der Waals surface area contributed by atoms with Gasteiger partial charge in [-0.3, -0.25) is 0 Å². The molecule has 1 aromatic carbocycles. The van der Waals surface area contributed by atoms with Gasteiger partial charge in [-0.05, 0) is 48.8 Å². The molecule has 1 nitrogen and oxygen atoms in total. The van der Waals surface area contributed by atoms with Crippen molar-refractivity contribution in [2.75, 3.05) is 0 Å². The first-order valence-electron chi connectivity index (χ1n) is 6.68. The number of benzene rings is 1. The minimum Gasteiger partial charge on any atom is -0.392 e. The van der Waals surface area contributed by atoms with Crippen molar-refractivity contribution in [1.82, 2.24) is 0 Å². The van der Waals surface area contributed by atoms with E-state index in [0.29, 0.717) is 12.3 Å². The van der Waals surface area contributed by atoms with Crippen molar-refractivity contribution in [3.63, 3.8) is 0 Å². The fourth-order valence-electron chi connectivity index (χ4n) is 2.75. The van der Waals surface area contributed by atoms with Crippen LogP contribution in [0.3, 0.4) is 0 Å². The van der Waals surface area contributed by atoms with Crippen LogP contribution in [0.1, 0.15) is 38.2 Å². The van der Waals surface area contributed by atoms with Gasteiger partial charge in [-0.1, -0.05) is 37.4 Å². The minimum absolute atomic E-state index is 0.136. The summed E-state index contributed by atoms with van der Waals surface area (Å²) in [4.78, 5) is 0. The average molecular weight is 271 g/mol. The first-order valence-corrected chi connectivity index (χ1v) is 7.06. The summed E-state index contributed by atoms with van der Waals surface area (Å²) in [6.07, 6.45) is 4.82. The van der Waals surface area contributed by atoms with Gasteiger partial charge in [0.15, 0.2) is 0 Å². The third-order valence-electron chi connectivity index (χ3n) is 4.03. The van der Waals surface area contributed by atoms with Gasteiger partial charge in [0, 0.05) is 0 Å². The number of aliphatic hydroxyl groups excluding tert-OH is 1. The number of halogens is 2. The summed E-state index contributed by atoms with van der Waals surface area (Å²) in [6.45, 7) is 2.27. The van der Waals surface area contributed by atoms with E-state index in [2.05, 4.69) is 6.92 Å². The summed E-state index contributed by atoms with van der Waals surface area (Å²) in [5, 5.41) is 10.4. The van der Waals surface area contributed by atoms with Crippen LogP contribution in [0.15, 0.2) is 18.2 Å². The monoisotopic (exact) mass is 270 g/mol.